The number of nitrogens with zero attached hydrogens (tertiary/aromatic N) is 2. The lowest BCUT2D eigenvalue weighted by atomic mass is 10.1. The van der Waals surface area contributed by atoms with E-state index >= 15 is 0 Å². The van der Waals surface area contributed by atoms with Gasteiger partial charge >= 0.3 is 0 Å². The van der Waals surface area contributed by atoms with Crippen LogP contribution in [0.1, 0.15) is 25.7 Å². The van der Waals surface area contributed by atoms with Gasteiger partial charge in [-0.05, 0) is 54.1 Å². The molecule has 0 unspecified atom stereocenters. The first-order chi connectivity index (χ1) is 9.11. The van der Waals surface area contributed by atoms with Gasteiger partial charge in [-0.15, -0.1) is 0 Å². The fourth-order valence-corrected chi connectivity index (χ4v) is 2.17. The lowest BCUT2D eigenvalue weighted by Crippen LogP contribution is -2.39. The van der Waals surface area contributed by atoms with Gasteiger partial charge in [-0.25, -0.2) is 0 Å². The zero-order chi connectivity index (χ0) is 14.7. The van der Waals surface area contributed by atoms with Crippen LogP contribution in [0.15, 0.2) is 0 Å². The van der Waals surface area contributed by atoms with Crippen molar-refractivity contribution in [3.63, 3.8) is 0 Å². The summed E-state index contributed by atoms with van der Waals surface area (Å²) < 4.78 is 0. The minimum absolute atomic E-state index is 0.420. The molecule has 2 aliphatic rings. The van der Waals surface area contributed by atoms with Crippen LogP contribution in [0, 0.1) is 0 Å². The van der Waals surface area contributed by atoms with E-state index in [1.165, 1.54) is 33.0 Å². The number of likely N-dealkylation sites (tertiary alicyclic amines) is 2. The van der Waals surface area contributed by atoms with Crippen LogP contribution < -0.4 is 11.1 Å². The topological polar surface area (TPSA) is 61.6 Å². The van der Waals surface area contributed by atoms with Crippen molar-refractivity contribution < 1.29 is 4.79 Å². The molecular weight excluding hydrogens is 240 g/mol. The number of carbonyl (C=O) groups excluding carboxylic acids is 1. The number of hydrogen-bond acceptors (Lipinski definition) is 5. The van der Waals surface area contributed by atoms with Crippen LogP contribution in [-0.2, 0) is 4.79 Å². The van der Waals surface area contributed by atoms with Gasteiger partial charge in [0.2, 0.25) is 0 Å². The van der Waals surface area contributed by atoms with Crippen molar-refractivity contribution in [2.75, 3.05) is 54.4 Å². The summed E-state index contributed by atoms with van der Waals surface area (Å²) in [6, 6.07) is 0.779. The molecule has 2 heterocycles. The molecule has 19 heavy (non-hydrogen) atoms. The second-order valence-corrected chi connectivity index (χ2v) is 5.21. The SMILES string of the molecule is CN.CN1CCC(=O)CC1.CNC1CCN(C)CC1. The number of ketones is 1. The summed E-state index contributed by atoms with van der Waals surface area (Å²) in [4.78, 5) is 15.1. The Morgan fingerprint density at radius 2 is 1.42 bits per heavy atom. The van der Waals surface area contributed by atoms with E-state index in [1.54, 1.807) is 0 Å². The molecule has 2 aliphatic heterocycles. The minimum Gasteiger partial charge on any atom is -0.333 e. The lowest BCUT2D eigenvalue weighted by Gasteiger charge is -2.28. The van der Waals surface area contributed by atoms with Gasteiger partial charge < -0.3 is 20.9 Å². The zero-order valence-corrected chi connectivity index (χ0v) is 13.1. The van der Waals surface area contributed by atoms with Crippen LogP contribution >= 0.6 is 0 Å². The highest BCUT2D eigenvalue weighted by Crippen LogP contribution is 2.06. The Hall–Kier alpha value is -0.490. The molecule has 5 heteroatoms. The van der Waals surface area contributed by atoms with E-state index in [9.17, 15) is 4.79 Å². The summed E-state index contributed by atoms with van der Waals surface area (Å²) in [7, 11) is 7.79. The molecule has 0 aromatic carbocycles. The second kappa shape index (κ2) is 11.3. The van der Waals surface area contributed by atoms with Gasteiger partial charge in [-0.2, -0.15) is 0 Å². The Bertz CT molecular complexity index is 217. The molecule has 2 rings (SSSR count). The smallest absolute Gasteiger partial charge is 0.135 e. The lowest BCUT2D eigenvalue weighted by molar-refractivity contribution is -0.121. The van der Waals surface area contributed by atoms with E-state index in [2.05, 4.69) is 34.9 Å². The first-order valence-electron chi connectivity index (χ1n) is 7.25. The number of hydrogen-bond donors (Lipinski definition) is 2. The van der Waals surface area contributed by atoms with E-state index in [0.717, 1.165) is 32.0 Å². The summed E-state index contributed by atoms with van der Waals surface area (Å²) >= 11 is 0. The van der Waals surface area contributed by atoms with Crippen LogP contribution in [0.25, 0.3) is 0 Å². The molecule has 0 radical (unpaired) electrons. The van der Waals surface area contributed by atoms with Gasteiger partial charge in [0.15, 0.2) is 0 Å². The molecule has 3 N–H and O–H groups in total. The highest BCUT2D eigenvalue weighted by Gasteiger charge is 2.13. The van der Waals surface area contributed by atoms with Crippen LogP contribution in [0.3, 0.4) is 0 Å². The highest BCUT2D eigenvalue weighted by molar-refractivity contribution is 5.79. The molecular formula is C14H32N4O. The predicted octanol–water partition coefficient (Wildman–Crippen LogP) is 0.156. The van der Waals surface area contributed by atoms with Crippen LogP contribution in [0.2, 0.25) is 0 Å². The summed E-state index contributed by atoms with van der Waals surface area (Å²) in [6.07, 6.45) is 4.15. The van der Waals surface area contributed by atoms with Gasteiger partial charge in [0.25, 0.3) is 0 Å². The molecule has 0 amide bonds. The number of Topliss-reactive ketones (excluding diaryl/α,β-unsaturated/α-hetero) is 1. The molecule has 0 aliphatic carbocycles. The van der Waals surface area contributed by atoms with Crippen molar-refractivity contribution in [2.24, 2.45) is 5.73 Å². The van der Waals surface area contributed by atoms with Gasteiger partial charge in [0.05, 0.1) is 0 Å². The van der Waals surface area contributed by atoms with E-state index in [1.807, 2.05) is 7.05 Å². The van der Waals surface area contributed by atoms with Gasteiger partial charge in [0.1, 0.15) is 5.78 Å². The van der Waals surface area contributed by atoms with Gasteiger partial charge in [-0.3, -0.25) is 4.79 Å². The normalized spacial score (nSPS) is 22.1. The minimum atomic E-state index is 0.420. The van der Waals surface area contributed by atoms with Gasteiger partial charge in [0, 0.05) is 32.0 Å². The Balaban J connectivity index is 0.000000303. The molecule has 0 bridgehead atoms. The molecule has 0 spiro atoms. The molecule has 0 saturated carbocycles. The largest absolute Gasteiger partial charge is 0.333 e. The Morgan fingerprint density at radius 1 is 1.00 bits per heavy atom. The number of piperidine rings is 2. The van der Waals surface area contributed by atoms with Gasteiger partial charge in [-0.1, -0.05) is 0 Å². The maximum atomic E-state index is 10.6. The third-order valence-electron chi connectivity index (χ3n) is 3.67. The molecule has 114 valence electrons. The summed E-state index contributed by atoms with van der Waals surface area (Å²) in [5.74, 6) is 0.420. The maximum absolute atomic E-state index is 10.6. The second-order valence-electron chi connectivity index (χ2n) is 5.21. The summed E-state index contributed by atoms with van der Waals surface area (Å²) in [6.45, 7) is 4.43. The van der Waals surface area contributed by atoms with Crippen molar-refractivity contribution in [2.45, 2.75) is 31.7 Å². The van der Waals surface area contributed by atoms with Crippen LogP contribution in [0.4, 0.5) is 0 Å². The molecule has 0 aromatic heterocycles. The fraction of sp³-hybridized carbons (Fsp3) is 0.929. The van der Waals surface area contributed by atoms with E-state index < -0.39 is 0 Å². The van der Waals surface area contributed by atoms with E-state index in [0.29, 0.717) is 5.78 Å². The fourth-order valence-electron chi connectivity index (χ4n) is 2.17. The van der Waals surface area contributed by atoms with Crippen LogP contribution in [-0.4, -0.2) is 76.0 Å². The van der Waals surface area contributed by atoms with Crippen molar-refractivity contribution in [1.29, 1.82) is 0 Å². The number of nitrogens with two attached hydrogens (primary N) is 1. The van der Waals surface area contributed by atoms with Crippen molar-refractivity contribution in [3.8, 4) is 0 Å². The van der Waals surface area contributed by atoms with Crippen molar-refractivity contribution in [3.05, 3.63) is 0 Å². The highest BCUT2D eigenvalue weighted by atomic mass is 16.1. The third kappa shape index (κ3) is 9.10. The van der Waals surface area contributed by atoms with E-state index in [-0.39, 0.29) is 0 Å². The Labute approximate surface area is 118 Å². The first kappa shape index (κ1) is 18.5. The molecule has 2 saturated heterocycles. The van der Waals surface area contributed by atoms with Crippen molar-refractivity contribution in [1.82, 2.24) is 15.1 Å². The molecule has 0 aromatic rings. The monoisotopic (exact) mass is 272 g/mol. The molecule has 0 atom stereocenters. The average molecular weight is 272 g/mol. The standard InChI is InChI=1S/C7H16N2.C6H11NO.CH5N/c1-8-7-3-5-9(2)6-4-7;1-7-4-2-6(8)3-5-7;1-2/h7-8H,3-6H2,1-2H3;2-5H2,1H3;2H2,1H3. The molecule has 5 nitrogen and oxygen atoms in total. The average Bonchev–Trinajstić information content (AvgIpc) is 2.46. The third-order valence-corrected chi connectivity index (χ3v) is 3.67. The summed E-state index contributed by atoms with van der Waals surface area (Å²) in [5, 5.41) is 3.30. The van der Waals surface area contributed by atoms with Crippen molar-refractivity contribution >= 4 is 5.78 Å². The quantitative estimate of drug-likeness (QED) is 0.712. The predicted molar refractivity (Wildman–Crippen MR) is 81.4 cm³/mol. The summed E-state index contributed by atoms with van der Waals surface area (Å²) in [5.41, 5.74) is 4.50. The number of rotatable bonds is 1. The zero-order valence-electron chi connectivity index (χ0n) is 13.1. The number of carbonyl (C=O) groups is 1. The Kier molecular flexibility index (Phi) is 11.1. The maximum Gasteiger partial charge on any atom is 0.135 e. The molecule has 2 fully saturated rings. The first-order valence-corrected chi connectivity index (χ1v) is 7.25. The Morgan fingerprint density at radius 3 is 1.79 bits per heavy atom. The van der Waals surface area contributed by atoms with E-state index in [4.69, 9.17) is 0 Å². The number of nitrogens with one attached hydrogen (secondary N) is 1. The van der Waals surface area contributed by atoms with Crippen LogP contribution in [0.5, 0.6) is 0 Å².